The Morgan fingerprint density at radius 2 is 2.19 bits per heavy atom. The molecule has 0 radical (unpaired) electrons. The fraction of sp³-hybridized carbons (Fsp3) is 0.333. The van der Waals surface area contributed by atoms with Crippen molar-refractivity contribution >= 4 is 27.9 Å². The second-order valence-corrected chi connectivity index (χ2v) is 6.32. The van der Waals surface area contributed by atoms with Crippen LogP contribution < -0.4 is 20.1 Å². The normalized spacial score (nSPS) is 11.6. The first-order valence-electron chi connectivity index (χ1n) is 8.50. The van der Waals surface area contributed by atoms with E-state index in [0.717, 1.165) is 28.6 Å². The fourth-order valence-corrected chi connectivity index (χ4v) is 3.20. The third-order valence-corrected chi connectivity index (χ3v) is 4.38. The zero-order valence-electron chi connectivity index (χ0n) is 15.2. The van der Waals surface area contributed by atoms with Crippen LogP contribution in [0, 0.1) is 0 Å². The molecule has 0 amide bonds. The van der Waals surface area contributed by atoms with Crippen molar-refractivity contribution in [2.24, 2.45) is 4.99 Å². The van der Waals surface area contributed by atoms with Crippen molar-refractivity contribution < 1.29 is 9.47 Å². The molecule has 138 valence electrons. The van der Waals surface area contributed by atoms with Crippen LogP contribution in [0.4, 0.5) is 5.69 Å². The lowest BCUT2D eigenvalue weighted by atomic mass is 10.2. The minimum atomic E-state index is 0.498. The summed E-state index contributed by atoms with van der Waals surface area (Å²) in [5, 5.41) is 8.55. The zero-order valence-corrected chi connectivity index (χ0v) is 16.0. The molecule has 0 atom stereocenters. The number of aliphatic imine (C=N–C) groups is 1. The third-order valence-electron chi connectivity index (χ3n) is 3.61. The summed E-state index contributed by atoms with van der Waals surface area (Å²) in [5.41, 5.74) is 1.80. The molecule has 2 aromatic heterocycles. The van der Waals surface area contributed by atoms with Gasteiger partial charge in [-0.15, -0.1) is 11.3 Å². The lowest BCUT2D eigenvalue weighted by Crippen LogP contribution is -2.30. The number of aromatic nitrogens is 2. The number of benzene rings is 1. The highest BCUT2D eigenvalue weighted by Gasteiger charge is 2.07. The number of ether oxygens (including phenoxy) is 2. The number of hydrogen-bond donors (Lipinski definition) is 2. The van der Waals surface area contributed by atoms with Crippen LogP contribution in [0.1, 0.15) is 19.5 Å². The summed E-state index contributed by atoms with van der Waals surface area (Å²) >= 11 is 1.61. The van der Waals surface area contributed by atoms with Crippen LogP contribution in [-0.4, -0.2) is 35.6 Å². The van der Waals surface area contributed by atoms with E-state index >= 15 is 0 Å². The van der Waals surface area contributed by atoms with Gasteiger partial charge in [0.15, 0.2) is 22.4 Å². The van der Waals surface area contributed by atoms with Gasteiger partial charge in [-0.05, 0) is 26.0 Å². The third kappa shape index (κ3) is 4.26. The van der Waals surface area contributed by atoms with E-state index in [1.165, 1.54) is 0 Å². The average molecular weight is 373 g/mol. The van der Waals surface area contributed by atoms with Crippen LogP contribution in [0.5, 0.6) is 11.5 Å². The SMILES string of the molecule is CCNC(=NCc1cn2ccsc2n1)Nc1ccc(OCC)c(OC)c1. The Balaban J connectivity index is 1.73. The van der Waals surface area contributed by atoms with E-state index in [1.807, 2.05) is 54.2 Å². The number of imidazole rings is 1. The number of nitrogens with one attached hydrogen (secondary N) is 2. The number of fused-ring (bicyclic) bond motifs is 1. The predicted octanol–water partition coefficient (Wildman–Crippen LogP) is 3.38. The highest BCUT2D eigenvalue weighted by atomic mass is 32.1. The second kappa shape index (κ2) is 8.57. The molecule has 3 rings (SSSR count). The maximum atomic E-state index is 5.55. The van der Waals surface area contributed by atoms with Gasteiger partial charge < -0.3 is 20.1 Å². The van der Waals surface area contributed by atoms with Gasteiger partial charge in [-0.3, -0.25) is 4.40 Å². The number of hydrogen-bond acceptors (Lipinski definition) is 5. The Hall–Kier alpha value is -2.74. The number of methoxy groups -OCH3 is 1. The van der Waals surface area contributed by atoms with Crippen LogP contribution in [0.3, 0.4) is 0 Å². The first kappa shape index (κ1) is 18.1. The monoisotopic (exact) mass is 373 g/mol. The molecule has 0 fully saturated rings. The maximum Gasteiger partial charge on any atom is 0.196 e. The number of nitrogens with zero attached hydrogens (tertiary/aromatic N) is 3. The summed E-state index contributed by atoms with van der Waals surface area (Å²) in [4.78, 5) is 10.1. The van der Waals surface area contributed by atoms with Gasteiger partial charge >= 0.3 is 0 Å². The van der Waals surface area contributed by atoms with E-state index in [0.29, 0.717) is 24.9 Å². The van der Waals surface area contributed by atoms with Gasteiger partial charge in [-0.2, -0.15) is 0 Å². The smallest absolute Gasteiger partial charge is 0.196 e. The van der Waals surface area contributed by atoms with E-state index in [1.54, 1.807) is 18.4 Å². The van der Waals surface area contributed by atoms with Crippen molar-refractivity contribution in [3.05, 3.63) is 41.7 Å². The molecule has 0 unspecified atom stereocenters. The summed E-state index contributed by atoms with van der Waals surface area (Å²) < 4.78 is 13.0. The van der Waals surface area contributed by atoms with Crippen molar-refractivity contribution in [3.8, 4) is 11.5 Å². The molecular weight excluding hydrogens is 350 g/mol. The summed E-state index contributed by atoms with van der Waals surface area (Å²) in [7, 11) is 1.63. The minimum Gasteiger partial charge on any atom is -0.493 e. The number of thiazole rings is 1. The summed E-state index contributed by atoms with van der Waals surface area (Å²) in [6.45, 7) is 5.83. The first-order valence-corrected chi connectivity index (χ1v) is 9.38. The van der Waals surface area contributed by atoms with Crippen LogP contribution >= 0.6 is 11.3 Å². The molecule has 0 bridgehead atoms. The summed E-state index contributed by atoms with van der Waals surface area (Å²) in [6.07, 6.45) is 3.99. The lowest BCUT2D eigenvalue weighted by molar-refractivity contribution is 0.311. The predicted molar refractivity (Wildman–Crippen MR) is 106 cm³/mol. The van der Waals surface area contributed by atoms with Gasteiger partial charge in [0.05, 0.1) is 26.0 Å². The van der Waals surface area contributed by atoms with Crippen molar-refractivity contribution in [3.63, 3.8) is 0 Å². The van der Waals surface area contributed by atoms with Gasteiger partial charge in [0.25, 0.3) is 0 Å². The molecule has 2 heterocycles. The van der Waals surface area contributed by atoms with E-state index in [4.69, 9.17) is 9.47 Å². The molecule has 0 spiro atoms. The Bertz CT molecular complexity index is 858. The van der Waals surface area contributed by atoms with Crippen LogP contribution in [0.25, 0.3) is 4.96 Å². The Morgan fingerprint density at radius 1 is 1.31 bits per heavy atom. The topological polar surface area (TPSA) is 72.2 Å². The van der Waals surface area contributed by atoms with Crippen molar-refractivity contribution in [1.29, 1.82) is 0 Å². The fourth-order valence-electron chi connectivity index (χ4n) is 2.48. The van der Waals surface area contributed by atoms with Gasteiger partial charge in [0.1, 0.15) is 0 Å². The second-order valence-electron chi connectivity index (χ2n) is 5.44. The molecular formula is C18H23N5O2S. The molecule has 0 saturated carbocycles. The maximum absolute atomic E-state index is 5.55. The molecule has 26 heavy (non-hydrogen) atoms. The van der Waals surface area contributed by atoms with Crippen LogP contribution in [0.15, 0.2) is 41.0 Å². The van der Waals surface area contributed by atoms with Crippen LogP contribution in [0.2, 0.25) is 0 Å². The Morgan fingerprint density at radius 3 is 2.92 bits per heavy atom. The van der Waals surface area contributed by atoms with Gasteiger partial charge in [-0.1, -0.05) is 0 Å². The number of anilines is 1. The number of rotatable bonds is 7. The molecule has 0 aliphatic heterocycles. The lowest BCUT2D eigenvalue weighted by Gasteiger charge is -2.14. The van der Waals surface area contributed by atoms with Gasteiger partial charge in [-0.25, -0.2) is 9.98 Å². The van der Waals surface area contributed by atoms with Crippen molar-refractivity contribution in [2.45, 2.75) is 20.4 Å². The molecule has 8 heteroatoms. The largest absolute Gasteiger partial charge is 0.493 e. The first-order chi connectivity index (χ1) is 12.7. The molecule has 3 aromatic rings. The Kier molecular flexibility index (Phi) is 5.96. The summed E-state index contributed by atoms with van der Waals surface area (Å²) in [5.74, 6) is 2.10. The Labute approximate surface area is 156 Å². The van der Waals surface area contributed by atoms with E-state index in [-0.39, 0.29) is 0 Å². The van der Waals surface area contributed by atoms with Crippen molar-refractivity contribution in [2.75, 3.05) is 25.6 Å². The highest BCUT2D eigenvalue weighted by Crippen LogP contribution is 2.30. The van der Waals surface area contributed by atoms with Crippen molar-refractivity contribution in [1.82, 2.24) is 14.7 Å². The molecule has 0 aliphatic carbocycles. The molecule has 0 aliphatic rings. The standard InChI is InChI=1S/C18H23N5O2S/c1-4-19-17(20-11-14-12-23-8-9-26-18(23)22-14)21-13-6-7-15(25-5-2)16(10-13)24-3/h6-10,12H,4-5,11H2,1-3H3,(H2,19,20,21). The molecule has 0 saturated heterocycles. The zero-order chi connectivity index (χ0) is 18.4. The van der Waals surface area contributed by atoms with Gasteiger partial charge in [0.2, 0.25) is 0 Å². The quantitative estimate of drug-likeness (QED) is 0.491. The molecule has 1 aromatic carbocycles. The molecule has 7 nitrogen and oxygen atoms in total. The van der Waals surface area contributed by atoms with E-state index < -0.39 is 0 Å². The molecule has 2 N–H and O–H groups in total. The number of guanidine groups is 1. The minimum absolute atomic E-state index is 0.498. The van der Waals surface area contributed by atoms with E-state index in [2.05, 4.69) is 20.6 Å². The van der Waals surface area contributed by atoms with Crippen LogP contribution in [-0.2, 0) is 6.54 Å². The summed E-state index contributed by atoms with van der Waals surface area (Å²) in [6, 6.07) is 5.72. The average Bonchev–Trinajstić information content (AvgIpc) is 3.23. The van der Waals surface area contributed by atoms with Gasteiger partial charge in [0, 0.05) is 36.1 Å². The van der Waals surface area contributed by atoms with E-state index in [9.17, 15) is 0 Å². The highest BCUT2D eigenvalue weighted by molar-refractivity contribution is 7.15.